The zero-order valence-electron chi connectivity index (χ0n) is 14.2. The summed E-state index contributed by atoms with van der Waals surface area (Å²) >= 11 is 5.09. The predicted molar refractivity (Wildman–Crippen MR) is 102 cm³/mol. The second kappa shape index (κ2) is 7.92. The molecule has 1 heterocycles. The number of nitrogens with one attached hydrogen (secondary N) is 2. The fraction of sp³-hybridized carbons (Fsp3) is 0.333. The fourth-order valence-corrected chi connectivity index (χ4v) is 2.75. The molecule has 0 spiro atoms. The second-order valence-electron chi connectivity index (χ2n) is 5.41. The van der Waals surface area contributed by atoms with Crippen molar-refractivity contribution in [1.82, 2.24) is 15.3 Å². The summed E-state index contributed by atoms with van der Waals surface area (Å²) in [5.41, 5.74) is 8.76. The lowest BCUT2D eigenvalue weighted by Gasteiger charge is -2.10. The molecule has 0 bridgehead atoms. The van der Waals surface area contributed by atoms with Crippen LogP contribution in [0.4, 0.5) is 0 Å². The molecule has 0 amide bonds. The minimum Gasteiger partial charge on any atom is -0.362 e. The summed E-state index contributed by atoms with van der Waals surface area (Å²) in [6.45, 7) is 9.15. The summed E-state index contributed by atoms with van der Waals surface area (Å²) in [6.07, 6.45) is 2.86. The van der Waals surface area contributed by atoms with Crippen molar-refractivity contribution in [1.29, 1.82) is 0 Å². The van der Waals surface area contributed by atoms with Crippen molar-refractivity contribution in [3.05, 3.63) is 52.8 Å². The maximum absolute atomic E-state index is 5.09. The highest BCUT2D eigenvalue weighted by atomic mass is 32.1. The van der Waals surface area contributed by atoms with Crippen molar-refractivity contribution in [3.8, 4) is 5.69 Å². The Hall–Kier alpha value is -2.14. The summed E-state index contributed by atoms with van der Waals surface area (Å²) in [4.78, 5) is 0. The van der Waals surface area contributed by atoms with Crippen LogP contribution in [0, 0.1) is 13.8 Å². The number of nitrogens with zero attached hydrogens (tertiary/aromatic N) is 2. The van der Waals surface area contributed by atoms with Gasteiger partial charge in [-0.25, -0.2) is 0 Å². The van der Waals surface area contributed by atoms with Crippen LogP contribution in [-0.4, -0.2) is 22.4 Å². The summed E-state index contributed by atoms with van der Waals surface area (Å²) in [7, 11) is 0. The molecular formula is C18H24N4S. The molecule has 2 N–H and O–H groups in total. The van der Waals surface area contributed by atoms with Crippen LogP contribution < -0.4 is 10.7 Å². The molecule has 0 unspecified atom stereocenters. The molecule has 2 aromatic rings. The van der Waals surface area contributed by atoms with Crippen molar-refractivity contribution < 1.29 is 0 Å². The highest BCUT2D eigenvalue weighted by molar-refractivity contribution is 7.80. The van der Waals surface area contributed by atoms with Gasteiger partial charge < -0.3 is 9.88 Å². The average molecular weight is 328 g/mol. The van der Waals surface area contributed by atoms with Gasteiger partial charge in [0.05, 0.1) is 6.21 Å². The highest BCUT2D eigenvalue weighted by Crippen LogP contribution is 2.20. The molecule has 1 aromatic heterocycles. The molecule has 2 rings (SSSR count). The Labute approximate surface area is 143 Å². The molecule has 23 heavy (non-hydrogen) atoms. The van der Waals surface area contributed by atoms with Gasteiger partial charge in [-0.15, -0.1) is 0 Å². The first-order valence-electron chi connectivity index (χ1n) is 7.92. The number of benzene rings is 1. The van der Waals surface area contributed by atoms with Crippen molar-refractivity contribution in [3.63, 3.8) is 0 Å². The maximum Gasteiger partial charge on any atom is 0.186 e. The Kier molecular flexibility index (Phi) is 5.93. The monoisotopic (exact) mass is 328 g/mol. The van der Waals surface area contributed by atoms with Crippen LogP contribution >= 0.6 is 12.2 Å². The topological polar surface area (TPSA) is 41.4 Å². The van der Waals surface area contributed by atoms with Crippen LogP contribution in [0.3, 0.4) is 0 Å². The Morgan fingerprint density at radius 2 is 1.91 bits per heavy atom. The number of rotatable bonds is 5. The molecular weight excluding hydrogens is 304 g/mol. The minimum absolute atomic E-state index is 0.535. The van der Waals surface area contributed by atoms with E-state index in [1.807, 2.05) is 13.1 Å². The van der Waals surface area contributed by atoms with Gasteiger partial charge in [-0.05, 0) is 63.2 Å². The summed E-state index contributed by atoms with van der Waals surface area (Å²) < 4.78 is 2.24. The molecule has 0 saturated heterocycles. The lowest BCUT2D eigenvalue weighted by Crippen LogP contribution is -2.31. The van der Waals surface area contributed by atoms with Crippen molar-refractivity contribution in [2.24, 2.45) is 5.10 Å². The number of hydrazone groups is 1. The summed E-state index contributed by atoms with van der Waals surface area (Å²) in [6, 6.07) is 10.8. The van der Waals surface area contributed by atoms with E-state index in [0.29, 0.717) is 5.11 Å². The molecule has 122 valence electrons. The predicted octanol–water partition coefficient (Wildman–Crippen LogP) is 3.47. The van der Waals surface area contributed by atoms with Gasteiger partial charge in [0.15, 0.2) is 5.11 Å². The lowest BCUT2D eigenvalue weighted by atomic mass is 10.1. The van der Waals surface area contributed by atoms with Crippen LogP contribution in [-0.2, 0) is 6.42 Å². The minimum atomic E-state index is 0.535. The van der Waals surface area contributed by atoms with Crippen LogP contribution in [0.1, 0.15) is 36.4 Å². The molecule has 0 aliphatic rings. The normalized spacial score (nSPS) is 11.0. The number of thiocarbonyl (C=S) groups is 1. The average Bonchev–Trinajstić information content (AvgIpc) is 2.82. The Morgan fingerprint density at radius 1 is 1.22 bits per heavy atom. The molecule has 0 atom stereocenters. The maximum atomic E-state index is 5.09. The van der Waals surface area contributed by atoms with Crippen molar-refractivity contribution in [2.75, 3.05) is 6.54 Å². The zero-order chi connectivity index (χ0) is 16.8. The third-order valence-corrected chi connectivity index (χ3v) is 4.02. The number of hydrogen-bond acceptors (Lipinski definition) is 2. The van der Waals surface area contributed by atoms with Gasteiger partial charge in [0.2, 0.25) is 0 Å². The number of aromatic nitrogens is 1. The van der Waals surface area contributed by atoms with E-state index >= 15 is 0 Å². The molecule has 0 aliphatic heterocycles. The number of hydrogen-bond donors (Lipinski definition) is 2. The van der Waals surface area contributed by atoms with Crippen LogP contribution in [0.15, 0.2) is 35.4 Å². The fourth-order valence-electron chi connectivity index (χ4n) is 2.56. The van der Waals surface area contributed by atoms with Crippen LogP contribution in [0.5, 0.6) is 0 Å². The third kappa shape index (κ3) is 4.20. The van der Waals surface area contributed by atoms with E-state index in [0.717, 1.165) is 24.2 Å². The quantitative estimate of drug-likeness (QED) is 0.502. The van der Waals surface area contributed by atoms with Crippen molar-refractivity contribution >= 4 is 23.5 Å². The van der Waals surface area contributed by atoms with Gasteiger partial charge in [0, 0.05) is 29.2 Å². The molecule has 0 radical (unpaired) electrons. The van der Waals surface area contributed by atoms with Gasteiger partial charge in [0.1, 0.15) is 0 Å². The van der Waals surface area contributed by atoms with E-state index in [1.54, 1.807) is 0 Å². The first-order valence-corrected chi connectivity index (χ1v) is 8.32. The van der Waals surface area contributed by atoms with E-state index in [9.17, 15) is 0 Å². The third-order valence-electron chi connectivity index (χ3n) is 3.78. The summed E-state index contributed by atoms with van der Waals surface area (Å²) in [5.74, 6) is 0. The van der Waals surface area contributed by atoms with E-state index in [2.05, 4.69) is 71.5 Å². The highest BCUT2D eigenvalue weighted by Gasteiger charge is 2.09. The van der Waals surface area contributed by atoms with Gasteiger partial charge in [-0.3, -0.25) is 5.43 Å². The molecule has 0 fully saturated rings. The standard InChI is InChI=1S/C18H24N4S/c1-5-15-7-9-17(10-8-15)22-13(3)11-16(14(22)4)12-20-21-18(23)19-6-2/h7-12H,5-6H2,1-4H3,(H2,19,21,23)/b20-12-. The van der Waals surface area contributed by atoms with Gasteiger partial charge in [-0.1, -0.05) is 19.1 Å². The van der Waals surface area contributed by atoms with Crippen LogP contribution in [0.2, 0.25) is 0 Å². The Balaban J connectivity index is 2.21. The van der Waals surface area contributed by atoms with Gasteiger partial charge in [-0.2, -0.15) is 5.10 Å². The SMILES string of the molecule is CCNC(=S)N/N=C\c1cc(C)n(-c2ccc(CC)cc2)c1C. The second-order valence-corrected chi connectivity index (χ2v) is 5.82. The Bertz CT molecular complexity index is 699. The van der Waals surface area contributed by atoms with Gasteiger partial charge in [0.25, 0.3) is 0 Å². The first kappa shape index (κ1) is 17.2. The molecule has 4 nitrogen and oxygen atoms in total. The van der Waals surface area contributed by atoms with Crippen molar-refractivity contribution in [2.45, 2.75) is 34.1 Å². The zero-order valence-corrected chi connectivity index (χ0v) is 15.0. The van der Waals surface area contributed by atoms with E-state index < -0.39 is 0 Å². The lowest BCUT2D eigenvalue weighted by molar-refractivity contribution is 0.903. The number of aryl methyl sites for hydroxylation is 2. The first-order chi connectivity index (χ1) is 11.1. The molecule has 0 saturated carbocycles. The smallest absolute Gasteiger partial charge is 0.186 e. The molecule has 0 aliphatic carbocycles. The Morgan fingerprint density at radius 3 is 2.52 bits per heavy atom. The van der Waals surface area contributed by atoms with Gasteiger partial charge >= 0.3 is 0 Å². The van der Waals surface area contributed by atoms with E-state index in [4.69, 9.17) is 12.2 Å². The van der Waals surface area contributed by atoms with E-state index in [1.165, 1.54) is 16.9 Å². The van der Waals surface area contributed by atoms with Crippen LogP contribution in [0.25, 0.3) is 5.69 Å². The largest absolute Gasteiger partial charge is 0.362 e. The molecule has 5 heteroatoms. The van der Waals surface area contributed by atoms with E-state index in [-0.39, 0.29) is 0 Å². The molecule has 1 aromatic carbocycles. The summed E-state index contributed by atoms with van der Waals surface area (Å²) in [5, 5.41) is 7.74.